The molecule has 0 saturated carbocycles. The van der Waals surface area contributed by atoms with Gasteiger partial charge < -0.3 is 4.74 Å². The Morgan fingerprint density at radius 3 is 2.63 bits per heavy atom. The van der Waals surface area contributed by atoms with Crippen molar-refractivity contribution in [1.82, 2.24) is 5.06 Å². The molecule has 1 amide bonds. The SMILES string of the molecule is CC(C)OC(=O)[C@@H]1CC(=O)N1OCc1ccccc1. The van der Waals surface area contributed by atoms with Gasteiger partial charge in [-0.15, -0.1) is 0 Å². The summed E-state index contributed by atoms with van der Waals surface area (Å²) in [6.07, 6.45) is -0.0421. The summed E-state index contributed by atoms with van der Waals surface area (Å²) in [7, 11) is 0. The molecular formula is C14H17NO4. The van der Waals surface area contributed by atoms with E-state index in [1.165, 1.54) is 0 Å². The molecule has 5 heteroatoms. The third kappa shape index (κ3) is 3.32. The van der Waals surface area contributed by atoms with Gasteiger partial charge in [0.2, 0.25) is 5.91 Å². The van der Waals surface area contributed by atoms with E-state index in [-0.39, 0.29) is 25.0 Å². The fraction of sp³-hybridized carbons (Fsp3) is 0.429. The normalized spacial score (nSPS) is 18.4. The van der Waals surface area contributed by atoms with Crippen molar-refractivity contribution in [1.29, 1.82) is 0 Å². The third-order valence-corrected chi connectivity index (χ3v) is 2.73. The van der Waals surface area contributed by atoms with Gasteiger partial charge in [0, 0.05) is 0 Å². The van der Waals surface area contributed by atoms with Crippen molar-refractivity contribution in [2.75, 3.05) is 0 Å². The van der Waals surface area contributed by atoms with Crippen LogP contribution in [0.25, 0.3) is 0 Å². The molecule has 0 aromatic heterocycles. The largest absolute Gasteiger partial charge is 0.461 e. The van der Waals surface area contributed by atoms with Crippen LogP contribution in [0.1, 0.15) is 25.8 Å². The number of ether oxygens (including phenoxy) is 1. The van der Waals surface area contributed by atoms with Crippen molar-refractivity contribution in [2.45, 2.75) is 39.0 Å². The summed E-state index contributed by atoms with van der Waals surface area (Å²) in [5, 5.41) is 1.11. The van der Waals surface area contributed by atoms with Crippen molar-refractivity contribution in [2.24, 2.45) is 0 Å². The second-order valence-corrected chi connectivity index (χ2v) is 4.68. The molecule has 1 saturated heterocycles. The molecule has 2 rings (SSSR count). The Hall–Kier alpha value is -1.88. The van der Waals surface area contributed by atoms with Crippen molar-refractivity contribution in [3.05, 3.63) is 35.9 Å². The van der Waals surface area contributed by atoms with Crippen molar-refractivity contribution in [3.63, 3.8) is 0 Å². The lowest BCUT2D eigenvalue weighted by Gasteiger charge is -2.37. The second-order valence-electron chi connectivity index (χ2n) is 4.68. The lowest BCUT2D eigenvalue weighted by molar-refractivity contribution is -0.238. The molecule has 0 N–H and O–H groups in total. The molecule has 0 radical (unpaired) electrons. The molecule has 102 valence electrons. The highest BCUT2D eigenvalue weighted by Crippen LogP contribution is 2.22. The molecule has 1 aliphatic heterocycles. The minimum Gasteiger partial charge on any atom is -0.461 e. The second kappa shape index (κ2) is 5.84. The van der Waals surface area contributed by atoms with E-state index in [1.807, 2.05) is 30.3 Å². The van der Waals surface area contributed by atoms with Crippen molar-refractivity contribution in [3.8, 4) is 0 Å². The predicted octanol–water partition coefficient (Wildman–Crippen LogP) is 1.67. The van der Waals surface area contributed by atoms with Crippen LogP contribution in [-0.2, 0) is 25.8 Å². The number of amides is 1. The summed E-state index contributed by atoms with van der Waals surface area (Å²) in [5.41, 5.74) is 0.943. The first kappa shape index (κ1) is 13.5. The van der Waals surface area contributed by atoms with Gasteiger partial charge in [0.25, 0.3) is 0 Å². The fourth-order valence-corrected chi connectivity index (χ4v) is 1.77. The van der Waals surface area contributed by atoms with E-state index in [2.05, 4.69) is 0 Å². The number of β-lactam (4-membered cyclic amide) rings is 1. The van der Waals surface area contributed by atoms with E-state index >= 15 is 0 Å². The molecule has 1 aromatic rings. The van der Waals surface area contributed by atoms with Crippen LogP contribution in [0.2, 0.25) is 0 Å². The van der Waals surface area contributed by atoms with Crippen LogP contribution in [0.5, 0.6) is 0 Å². The van der Waals surface area contributed by atoms with Gasteiger partial charge in [-0.05, 0) is 19.4 Å². The fourth-order valence-electron chi connectivity index (χ4n) is 1.77. The lowest BCUT2D eigenvalue weighted by Crippen LogP contribution is -2.56. The highest BCUT2D eigenvalue weighted by Gasteiger charge is 2.44. The molecule has 1 heterocycles. The number of nitrogens with zero attached hydrogens (tertiary/aromatic N) is 1. The van der Waals surface area contributed by atoms with Crippen molar-refractivity contribution >= 4 is 11.9 Å². The number of carbonyl (C=O) groups is 2. The first-order chi connectivity index (χ1) is 9.08. The lowest BCUT2D eigenvalue weighted by atomic mass is 10.1. The smallest absolute Gasteiger partial charge is 0.332 e. The summed E-state index contributed by atoms with van der Waals surface area (Å²) in [6.45, 7) is 3.80. The summed E-state index contributed by atoms with van der Waals surface area (Å²) in [6, 6.07) is 8.86. The van der Waals surface area contributed by atoms with Crippen LogP contribution in [-0.4, -0.2) is 29.1 Å². The van der Waals surface area contributed by atoms with Crippen LogP contribution < -0.4 is 0 Å². The summed E-state index contributed by atoms with van der Waals surface area (Å²) < 4.78 is 5.07. The monoisotopic (exact) mass is 263 g/mol. The van der Waals surface area contributed by atoms with E-state index < -0.39 is 12.0 Å². The first-order valence-electron chi connectivity index (χ1n) is 6.27. The van der Waals surface area contributed by atoms with Gasteiger partial charge in [0.15, 0.2) is 6.04 Å². The van der Waals surface area contributed by atoms with Crippen molar-refractivity contribution < 1.29 is 19.2 Å². The van der Waals surface area contributed by atoms with E-state index in [0.717, 1.165) is 10.6 Å². The van der Waals surface area contributed by atoms with Gasteiger partial charge in [0.05, 0.1) is 12.5 Å². The summed E-state index contributed by atoms with van der Waals surface area (Å²) >= 11 is 0. The van der Waals surface area contributed by atoms with Gasteiger partial charge in [-0.3, -0.25) is 9.63 Å². The number of benzene rings is 1. The highest BCUT2D eigenvalue weighted by molar-refractivity contribution is 5.94. The number of esters is 1. The van der Waals surface area contributed by atoms with Crippen LogP contribution >= 0.6 is 0 Å². The Balaban J connectivity index is 1.88. The zero-order chi connectivity index (χ0) is 13.8. The summed E-state index contributed by atoms with van der Waals surface area (Å²) in [5.74, 6) is -0.607. The zero-order valence-corrected chi connectivity index (χ0v) is 11.0. The summed E-state index contributed by atoms with van der Waals surface area (Å²) in [4.78, 5) is 28.5. The molecule has 1 aliphatic rings. The molecule has 0 spiro atoms. The third-order valence-electron chi connectivity index (χ3n) is 2.73. The Labute approximate surface area is 112 Å². The maximum Gasteiger partial charge on any atom is 0.332 e. The number of hydrogen-bond acceptors (Lipinski definition) is 4. The van der Waals surface area contributed by atoms with Gasteiger partial charge >= 0.3 is 5.97 Å². The first-order valence-corrected chi connectivity index (χ1v) is 6.27. The zero-order valence-electron chi connectivity index (χ0n) is 11.0. The molecular weight excluding hydrogens is 246 g/mol. The Morgan fingerprint density at radius 2 is 2.05 bits per heavy atom. The quantitative estimate of drug-likeness (QED) is 0.599. The van der Waals surface area contributed by atoms with Crippen LogP contribution in [0.15, 0.2) is 30.3 Å². The molecule has 5 nitrogen and oxygen atoms in total. The van der Waals surface area contributed by atoms with Gasteiger partial charge in [-0.2, -0.15) is 0 Å². The molecule has 1 atom stereocenters. The van der Waals surface area contributed by atoms with E-state index in [1.54, 1.807) is 13.8 Å². The molecule has 19 heavy (non-hydrogen) atoms. The van der Waals surface area contributed by atoms with Gasteiger partial charge in [-0.1, -0.05) is 30.3 Å². The molecule has 0 bridgehead atoms. The number of hydroxylamine groups is 2. The maximum atomic E-state index is 11.7. The Morgan fingerprint density at radius 1 is 1.37 bits per heavy atom. The number of rotatable bonds is 5. The Bertz CT molecular complexity index is 458. The highest BCUT2D eigenvalue weighted by atomic mass is 16.7. The molecule has 0 aliphatic carbocycles. The molecule has 1 fully saturated rings. The van der Waals surface area contributed by atoms with Crippen LogP contribution in [0, 0.1) is 0 Å². The molecule has 0 unspecified atom stereocenters. The maximum absolute atomic E-state index is 11.7. The van der Waals surface area contributed by atoms with E-state index in [4.69, 9.17) is 9.57 Å². The number of carbonyl (C=O) groups excluding carboxylic acids is 2. The standard InChI is InChI=1S/C14H17NO4/c1-10(2)19-14(17)12-8-13(16)15(12)18-9-11-6-4-3-5-7-11/h3-7,10,12H,8-9H2,1-2H3/t12-/m0/s1. The average molecular weight is 263 g/mol. The van der Waals surface area contributed by atoms with Crippen LogP contribution in [0.4, 0.5) is 0 Å². The van der Waals surface area contributed by atoms with Gasteiger partial charge in [-0.25, -0.2) is 9.86 Å². The predicted molar refractivity (Wildman–Crippen MR) is 67.7 cm³/mol. The topological polar surface area (TPSA) is 55.8 Å². The minimum absolute atomic E-state index is 0.153. The molecule has 1 aromatic carbocycles. The average Bonchev–Trinajstić information content (AvgIpc) is 2.36. The Kier molecular flexibility index (Phi) is 4.16. The van der Waals surface area contributed by atoms with E-state index in [0.29, 0.717) is 0 Å². The van der Waals surface area contributed by atoms with E-state index in [9.17, 15) is 9.59 Å². The van der Waals surface area contributed by atoms with Crippen LogP contribution in [0.3, 0.4) is 0 Å². The number of hydrogen-bond donors (Lipinski definition) is 0. The minimum atomic E-state index is -0.612. The van der Waals surface area contributed by atoms with Gasteiger partial charge in [0.1, 0.15) is 6.61 Å².